The summed E-state index contributed by atoms with van der Waals surface area (Å²) in [5.41, 5.74) is 19.4. The molecule has 1 aliphatic heterocycles. The number of anilines is 3. The number of nitrogen functional groups attached to an aromatic ring is 1. The van der Waals surface area contributed by atoms with Gasteiger partial charge in [-0.2, -0.15) is 10.1 Å². The molecule has 6 rings (SSSR count). The smallest absolute Gasteiger partial charge is 0.300 e. The molecule has 12 nitrogen and oxygen atoms in total. The van der Waals surface area contributed by atoms with Crippen LogP contribution in [-0.2, 0) is 4.84 Å². The van der Waals surface area contributed by atoms with Gasteiger partial charge in [-0.05, 0) is 61.2 Å². The van der Waals surface area contributed by atoms with E-state index in [-0.39, 0.29) is 6.04 Å². The van der Waals surface area contributed by atoms with E-state index in [0.29, 0.717) is 30.0 Å². The van der Waals surface area contributed by atoms with Crippen molar-refractivity contribution in [1.82, 2.24) is 29.6 Å². The van der Waals surface area contributed by atoms with E-state index in [1.54, 1.807) is 0 Å². The molecule has 5 aromatic rings. The van der Waals surface area contributed by atoms with E-state index in [9.17, 15) is 0 Å². The fourth-order valence-electron chi connectivity index (χ4n) is 5.23. The normalized spacial score (nSPS) is 16.2. The monoisotopic (exact) mass is 526 g/mol. The minimum Gasteiger partial charge on any atom is -0.423 e. The molecule has 39 heavy (non-hydrogen) atoms. The number of aryl methyl sites for hydroxylation is 2. The lowest BCUT2D eigenvalue weighted by atomic mass is 10.1. The van der Waals surface area contributed by atoms with E-state index in [1.165, 1.54) is 13.4 Å². The predicted molar refractivity (Wildman–Crippen MR) is 150 cm³/mol. The molecule has 0 unspecified atom stereocenters. The summed E-state index contributed by atoms with van der Waals surface area (Å²) in [5, 5.41) is 12.9. The Morgan fingerprint density at radius 1 is 1.18 bits per heavy atom. The van der Waals surface area contributed by atoms with Crippen molar-refractivity contribution in [2.24, 2.45) is 10.9 Å². The van der Waals surface area contributed by atoms with Gasteiger partial charge in [-0.3, -0.25) is 0 Å². The summed E-state index contributed by atoms with van der Waals surface area (Å²) in [5.74, 6) is 0.731. The van der Waals surface area contributed by atoms with Crippen molar-refractivity contribution in [1.29, 1.82) is 0 Å². The number of piperidine rings is 1. The van der Waals surface area contributed by atoms with Crippen LogP contribution in [0.1, 0.15) is 30.0 Å². The molecule has 2 aromatic carbocycles. The van der Waals surface area contributed by atoms with Crippen LogP contribution in [0.4, 0.5) is 17.5 Å². The summed E-state index contributed by atoms with van der Waals surface area (Å²) in [4.78, 5) is 20.2. The maximum absolute atomic E-state index is 6.34. The molecule has 12 heteroatoms. The largest absolute Gasteiger partial charge is 0.423 e. The first kappa shape index (κ1) is 24.5. The Balaban J connectivity index is 1.31. The first-order valence-electron chi connectivity index (χ1n) is 12.8. The third-order valence-electron chi connectivity index (χ3n) is 7.00. The molecule has 0 radical (unpaired) electrons. The summed E-state index contributed by atoms with van der Waals surface area (Å²) >= 11 is 0. The molecule has 5 N–H and O–H groups in total. The van der Waals surface area contributed by atoms with E-state index < -0.39 is 0 Å². The number of nitrogens with zero attached hydrogens (tertiary/aromatic N) is 7. The standard InChI is InChI=1S/C27H30N10O2/c1-15-11-16(2)23-20(12-15)33-27(39-23)32-18-8-6-17(7-9-18)22-21-24(28)30-14-31-25(21)37(34-22)19-5-4-10-36(13-19)26(29)35-38-3/h6-9,11-12,14,19H,4-5,10,13H2,1-3H3,(H2,29,35)(H,32,33)(H2,28,30,31)/t19-/m0/s1. The average molecular weight is 527 g/mol. The van der Waals surface area contributed by atoms with Crippen LogP contribution in [0.3, 0.4) is 0 Å². The Kier molecular flexibility index (Phi) is 6.14. The lowest BCUT2D eigenvalue weighted by molar-refractivity contribution is 0.192. The molecular weight excluding hydrogens is 496 g/mol. The van der Waals surface area contributed by atoms with Gasteiger partial charge in [0, 0.05) is 24.3 Å². The van der Waals surface area contributed by atoms with Gasteiger partial charge in [0.25, 0.3) is 6.01 Å². The van der Waals surface area contributed by atoms with Gasteiger partial charge in [-0.15, -0.1) is 0 Å². The zero-order chi connectivity index (χ0) is 27.1. The molecule has 0 bridgehead atoms. The van der Waals surface area contributed by atoms with Crippen molar-refractivity contribution in [3.8, 4) is 11.3 Å². The Morgan fingerprint density at radius 2 is 2.00 bits per heavy atom. The van der Waals surface area contributed by atoms with Crippen LogP contribution < -0.4 is 16.8 Å². The predicted octanol–water partition coefficient (Wildman–Crippen LogP) is 4.09. The molecule has 200 valence electrons. The molecule has 1 saturated heterocycles. The Morgan fingerprint density at radius 3 is 2.79 bits per heavy atom. The highest BCUT2D eigenvalue weighted by Crippen LogP contribution is 2.34. The number of oxime groups is 1. The van der Waals surface area contributed by atoms with Crippen molar-refractivity contribution in [2.45, 2.75) is 32.7 Å². The number of hydrogen-bond donors (Lipinski definition) is 3. The number of aromatic nitrogens is 5. The van der Waals surface area contributed by atoms with Gasteiger partial charge in [-0.25, -0.2) is 14.6 Å². The van der Waals surface area contributed by atoms with E-state index in [1.807, 2.05) is 53.8 Å². The molecule has 0 aliphatic carbocycles. The van der Waals surface area contributed by atoms with Gasteiger partial charge in [0.05, 0.1) is 11.4 Å². The van der Waals surface area contributed by atoms with E-state index in [0.717, 1.165) is 63.9 Å². The highest BCUT2D eigenvalue weighted by molar-refractivity contribution is 5.98. The SMILES string of the molecule is CON=C(N)N1CCC[C@H](n2nc(-c3ccc(Nc4nc5cc(C)cc(C)c5o4)cc3)c3c(N)ncnc32)C1. The van der Waals surface area contributed by atoms with Crippen LogP contribution in [0.25, 0.3) is 33.4 Å². The quantitative estimate of drug-likeness (QED) is 0.173. The lowest BCUT2D eigenvalue weighted by Crippen LogP contribution is -2.44. The Bertz CT molecular complexity index is 1690. The summed E-state index contributed by atoms with van der Waals surface area (Å²) < 4.78 is 7.89. The molecule has 0 spiro atoms. The van der Waals surface area contributed by atoms with Gasteiger partial charge < -0.3 is 30.9 Å². The zero-order valence-corrected chi connectivity index (χ0v) is 22.0. The van der Waals surface area contributed by atoms with Crippen LogP contribution in [0.2, 0.25) is 0 Å². The number of rotatable bonds is 5. The zero-order valence-electron chi connectivity index (χ0n) is 22.0. The number of oxazole rings is 1. The van der Waals surface area contributed by atoms with E-state index >= 15 is 0 Å². The van der Waals surface area contributed by atoms with Crippen LogP contribution >= 0.6 is 0 Å². The van der Waals surface area contributed by atoms with E-state index in [4.69, 9.17) is 25.8 Å². The lowest BCUT2D eigenvalue weighted by Gasteiger charge is -2.33. The van der Waals surface area contributed by atoms with Crippen molar-refractivity contribution < 1.29 is 9.25 Å². The second kappa shape index (κ2) is 9.78. The molecule has 4 heterocycles. The van der Waals surface area contributed by atoms with Crippen LogP contribution in [0.5, 0.6) is 0 Å². The molecule has 0 amide bonds. The third-order valence-corrected chi connectivity index (χ3v) is 7.00. The van der Waals surface area contributed by atoms with E-state index in [2.05, 4.69) is 31.5 Å². The molecule has 1 aliphatic rings. The summed E-state index contributed by atoms with van der Waals surface area (Å²) in [6, 6.07) is 12.4. The van der Waals surface area contributed by atoms with Gasteiger partial charge in [-0.1, -0.05) is 18.2 Å². The minimum absolute atomic E-state index is 0.0297. The number of benzene rings is 2. The topological polar surface area (TPSA) is 159 Å². The summed E-state index contributed by atoms with van der Waals surface area (Å²) in [7, 11) is 1.48. The number of guanidine groups is 1. The van der Waals surface area contributed by atoms with Crippen LogP contribution in [0.15, 0.2) is 52.3 Å². The van der Waals surface area contributed by atoms with Crippen molar-refractivity contribution in [2.75, 3.05) is 31.2 Å². The fraction of sp³-hybridized carbons (Fsp3) is 0.296. The van der Waals surface area contributed by atoms with Crippen molar-refractivity contribution >= 4 is 45.6 Å². The van der Waals surface area contributed by atoms with Crippen LogP contribution in [-0.4, -0.2) is 55.8 Å². The highest BCUT2D eigenvalue weighted by Gasteiger charge is 2.27. The minimum atomic E-state index is 0.0297. The fourth-order valence-corrected chi connectivity index (χ4v) is 5.23. The number of hydrogen-bond acceptors (Lipinski definition) is 9. The number of nitrogens with one attached hydrogen (secondary N) is 1. The summed E-state index contributed by atoms with van der Waals surface area (Å²) in [6.07, 6.45) is 3.32. The molecule has 0 saturated carbocycles. The Labute approximate surface area is 224 Å². The highest BCUT2D eigenvalue weighted by atomic mass is 16.6. The average Bonchev–Trinajstić information content (AvgIpc) is 3.52. The maximum Gasteiger partial charge on any atom is 0.300 e. The maximum atomic E-state index is 6.34. The van der Waals surface area contributed by atoms with Crippen molar-refractivity contribution in [3.05, 3.63) is 53.9 Å². The molecule has 3 aromatic heterocycles. The first-order valence-corrected chi connectivity index (χ1v) is 12.8. The second-order valence-electron chi connectivity index (χ2n) is 9.78. The Hall–Kier alpha value is -4.87. The van der Waals surface area contributed by atoms with Gasteiger partial charge in [0.15, 0.2) is 11.2 Å². The number of fused-ring (bicyclic) bond motifs is 2. The van der Waals surface area contributed by atoms with Crippen LogP contribution in [0, 0.1) is 13.8 Å². The molecule has 1 atom stereocenters. The summed E-state index contributed by atoms with van der Waals surface area (Å²) in [6.45, 7) is 5.49. The molecule has 1 fully saturated rings. The number of nitrogens with two attached hydrogens (primary N) is 2. The molecular formula is C27H30N10O2. The van der Waals surface area contributed by atoms with Gasteiger partial charge in [0.1, 0.15) is 30.5 Å². The van der Waals surface area contributed by atoms with Crippen molar-refractivity contribution in [3.63, 3.8) is 0 Å². The van der Waals surface area contributed by atoms with Gasteiger partial charge >= 0.3 is 0 Å². The first-order chi connectivity index (χ1) is 18.9. The second-order valence-corrected chi connectivity index (χ2v) is 9.78. The number of likely N-dealkylation sites (tertiary alicyclic amines) is 1. The third kappa shape index (κ3) is 4.54. The van der Waals surface area contributed by atoms with Gasteiger partial charge in [0.2, 0.25) is 5.96 Å².